The smallest absolute Gasteiger partial charge is 0.101 e. The van der Waals surface area contributed by atoms with Crippen molar-refractivity contribution in [2.75, 3.05) is 11.1 Å². The van der Waals surface area contributed by atoms with Crippen LogP contribution in [0.5, 0.6) is 0 Å². The Labute approximate surface area is 93.1 Å². The predicted molar refractivity (Wildman–Crippen MR) is 62.1 cm³/mol. The summed E-state index contributed by atoms with van der Waals surface area (Å²) in [5, 5.41) is 16.0. The van der Waals surface area contributed by atoms with Gasteiger partial charge in [0, 0.05) is 24.6 Å². The summed E-state index contributed by atoms with van der Waals surface area (Å²) in [5.74, 6) is 0. The van der Waals surface area contributed by atoms with E-state index in [0.717, 1.165) is 11.4 Å². The Morgan fingerprint density at radius 1 is 1.44 bits per heavy atom. The molecule has 0 aliphatic rings. The van der Waals surface area contributed by atoms with Gasteiger partial charge in [-0.05, 0) is 18.2 Å². The lowest BCUT2D eigenvalue weighted by atomic mass is 10.2. The van der Waals surface area contributed by atoms with Crippen molar-refractivity contribution in [3.05, 3.63) is 36.2 Å². The highest BCUT2D eigenvalue weighted by atomic mass is 15.3. The second-order valence-corrected chi connectivity index (χ2v) is 3.44. The molecule has 0 saturated heterocycles. The Balaban J connectivity index is 2.26. The van der Waals surface area contributed by atoms with Crippen LogP contribution in [0.1, 0.15) is 5.56 Å². The molecular formula is C11H11N5. The molecule has 1 heterocycles. The van der Waals surface area contributed by atoms with Crippen LogP contribution in [0, 0.1) is 11.3 Å². The molecule has 1 aromatic heterocycles. The maximum absolute atomic E-state index is 8.84. The number of nitrogen functional groups attached to an aromatic ring is 1. The number of aryl methyl sites for hydroxylation is 1. The summed E-state index contributed by atoms with van der Waals surface area (Å²) >= 11 is 0. The number of nitrogens with one attached hydrogen (secondary N) is 1. The minimum absolute atomic E-state index is 0.467. The second kappa shape index (κ2) is 3.95. The molecule has 0 bridgehead atoms. The van der Waals surface area contributed by atoms with Crippen LogP contribution in [0.15, 0.2) is 30.6 Å². The number of nitriles is 1. The minimum atomic E-state index is 0.467. The molecule has 0 unspecified atom stereocenters. The molecule has 0 radical (unpaired) electrons. The van der Waals surface area contributed by atoms with Crippen LogP contribution in [-0.4, -0.2) is 9.78 Å². The molecule has 3 N–H and O–H groups in total. The van der Waals surface area contributed by atoms with Gasteiger partial charge in [0.2, 0.25) is 0 Å². The normalized spacial score (nSPS) is 9.75. The van der Waals surface area contributed by atoms with Gasteiger partial charge in [-0.2, -0.15) is 10.4 Å². The van der Waals surface area contributed by atoms with Gasteiger partial charge in [0.25, 0.3) is 0 Å². The molecule has 0 saturated carbocycles. The van der Waals surface area contributed by atoms with Crippen molar-refractivity contribution < 1.29 is 0 Å². The molecule has 0 fully saturated rings. The zero-order valence-corrected chi connectivity index (χ0v) is 8.81. The molecule has 0 atom stereocenters. The van der Waals surface area contributed by atoms with Crippen LogP contribution in [-0.2, 0) is 7.05 Å². The number of nitrogens with two attached hydrogens (primary N) is 1. The van der Waals surface area contributed by atoms with Gasteiger partial charge in [-0.15, -0.1) is 0 Å². The number of aromatic nitrogens is 2. The lowest BCUT2D eigenvalue weighted by Crippen LogP contribution is -1.93. The minimum Gasteiger partial charge on any atom is -0.398 e. The summed E-state index contributed by atoms with van der Waals surface area (Å²) in [5.41, 5.74) is 8.27. The van der Waals surface area contributed by atoms with E-state index < -0.39 is 0 Å². The van der Waals surface area contributed by atoms with Crippen molar-refractivity contribution >= 4 is 17.1 Å². The van der Waals surface area contributed by atoms with Gasteiger partial charge in [-0.25, -0.2) is 0 Å². The average molecular weight is 213 g/mol. The van der Waals surface area contributed by atoms with Gasteiger partial charge < -0.3 is 11.1 Å². The van der Waals surface area contributed by atoms with Gasteiger partial charge in [0.1, 0.15) is 6.07 Å². The highest BCUT2D eigenvalue weighted by molar-refractivity contribution is 5.66. The van der Waals surface area contributed by atoms with E-state index in [1.54, 1.807) is 23.0 Å². The first-order valence-corrected chi connectivity index (χ1v) is 4.74. The van der Waals surface area contributed by atoms with Gasteiger partial charge in [0.05, 0.1) is 17.4 Å². The Morgan fingerprint density at radius 2 is 2.25 bits per heavy atom. The highest BCUT2D eigenvalue weighted by Crippen LogP contribution is 2.20. The van der Waals surface area contributed by atoms with E-state index in [1.807, 2.05) is 25.4 Å². The average Bonchev–Trinajstić information content (AvgIpc) is 2.67. The van der Waals surface area contributed by atoms with Crippen LogP contribution >= 0.6 is 0 Å². The van der Waals surface area contributed by atoms with Crippen molar-refractivity contribution in [3.63, 3.8) is 0 Å². The Bertz CT molecular complexity index is 550. The van der Waals surface area contributed by atoms with Crippen LogP contribution in [0.3, 0.4) is 0 Å². The van der Waals surface area contributed by atoms with E-state index in [9.17, 15) is 0 Å². The maximum atomic E-state index is 8.84. The zero-order valence-electron chi connectivity index (χ0n) is 8.81. The van der Waals surface area contributed by atoms with Gasteiger partial charge >= 0.3 is 0 Å². The molecule has 1 aromatic carbocycles. The van der Waals surface area contributed by atoms with Crippen LogP contribution in [0.4, 0.5) is 17.1 Å². The Hall–Kier alpha value is -2.48. The summed E-state index contributed by atoms with van der Waals surface area (Å²) in [6.07, 6.45) is 3.56. The summed E-state index contributed by atoms with van der Waals surface area (Å²) in [7, 11) is 1.84. The first-order chi connectivity index (χ1) is 7.69. The molecule has 0 aliphatic heterocycles. The molecule has 5 nitrogen and oxygen atoms in total. The van der Waals surface area contributed by atoms with Crippen LogP contribution in [0.25, 0.3) is 0 Å². The molecule has 0 amide bonds. The number of rotatable bonds is 2. The largest absolute Gasteiger partial charge is 0.398 e. The standard InChI is InChI=1S/C11H11N5/c1-16-7-10(6-14-16)15-9-2-3-11(13)8(4-9)5-12/h2-4,6-7,15H,13H2,1H3. The number of nitrogens with zero attached hydrogens (tertiary/aromatic N) is 3. The molecule has 5 heteroatoms. The number of hydrogen-bond acceptors (Lipinski definition) is 4. The fraction of sp³-hybridized carbons (Fsp3) is 0.0909. The predicted octanol–water partition coefficient (Wildman–Crippen LogP) is 1.62. The Morgan fingerprint density at radius 3 is 2.88 bits per heavy atom. The third kappa shape index (κ3) is 1.96. The summed E-state index contributed by atoms with van der Waals surface area (Å²) < 4.78 is 1.70. The molecule has 2 rings (SSSR count). The fourth-order valence-electron chi connectivity index (χ4n) is 1.38. The van der Waals surface area contributed by atoms with Gasteiger partial charge in [-0.3, -0.25) is 4.68 Å². The molecule has 16 heavy (non-hydrogen) atoms. The summed E-state index contributed by atoms with van der Waals surface area (Å²) in [6, 6.07) is 7.28. The highest BCUT2D eigenvalue weighted by Gasteiger charge is 2.01. The third-order valence-corrected chi connectivity index (χ3v) is 2.17. The number of benzene rings is 1. The fourth-order valence-corrected chi connectivity index (χ4v) is 1.38. The van der Waals surface area contributed by atoms with Crippen molar-refractivity contribution in [3.8, 4) is 6.07 Å². The van der Waals surface area contributed by atoms with Crippen molar-refractivity contribution in [2.45, 2.75) is 0 Å². The number of anilines is 3. The van der Waals surface area contributed by atoms with Crippen molar-refractivity contribution in [1.29, 1.82) is 5.26 Å². The zero-order chi connectivity index (χ0) is 11.5. The van der Waals surface area contributed by atoms with Crippen molar-refractivity contribution in [2.24, 2.45) is 7.05 Å². The quantitative estimate of drug-likeness (QED) is 0.743. The van der Waals surface area contributed by atoms with E-state index >= 15 is 0 Å². The third-order valence-electron chi connectivity index (χ3n) is 2.17. The Kier molecular flexibility index (Phi) is 2.48. The van der Waals surface area contributed by atoms with E-state index in [0.29, 0.717) is 11.3 Å². The van der Waals surface area contributed by atoms with E-state index in [1.165, 1.54) is 0 Å². The van der Waals surface area contributed by atoms with Crippen LogP contribution < -0.4 is 11.1 Å². The second-order valence-electron chi connectivity index (χ2n) is 3.44. The molecular weight excluding hydrogens is 202 g/mol. The van der Waals surface area contributed by atoms with Crippen molar-refractivity contribution in [1.82, 2.24) is 9.78 Å². The lowest BCUT2D eigenvalue weighted by molar-refractivity contribution is 0.768. The first kappa shape index (κ1) is 10.1. The SMILES string of the molecule is Cn1cc(Nc2ccc(N)c(C#N)c2)cn1. The molecule has 0 aliphatic carbocycles. The number of hydrogen-bond donors (Lipinski definition) is 2. The maximum Gasteiger partial charge on any atom is 0.101 e. The van der Waals surface area contributed by atoms with E-state index in [4.69, 9.17) is 11.0 Å². The molecule has 80 valence electrons. The van der Waals surface area contributed by atoms with Gasteiger partial charge in [-0.1, -0.05) is 0 Å². The van der Waals surface area contributed by atoms with E-state index in [-0.39, 0.29) is 0 Å². The monoisotopic (exact) mass is 213 g/mol. The lowest BCUT2D eigenvalue weighted by Gasteiger charge is -2.04. The molecule has 0 spiro atoms. The summed E-state index contributed by atoms with van der Waals surface area (Å²) in [6.45, 7) is 0. The van der Waals surface area contributed by atoms with Gasteiger partial charge in [0.15, 0.2) is 0 Å². The van der Waals surface area contributed by atoms with Crippen LogP contribution in [0.2, 0.25) is 0 Å². The first-order valence-electron chi connectivity index (χ1n) is 4.74. The summed E-state index contributed by atoms with van der Waals surface area (Å²) in [4.78, 5) is 0. The molecule has 2 aromatic rings. The topological polar surface area (TPSA) is 79.7 Å². The van der Waals surface area contributed by atoms with E-state index in [2.05, 4.69) is 10.4 Å².